The number of benzene rings is 1. The Balaban J connectivity index is 2.65. The number of halogens is 1. The maximum atomic E-state index is 11.4. The average molecular weight is 287 g/mol. The van der Waals surface area contributed by atoms with E-state index in [4.69, 9.17) is 10.6 Å². The zero-order valence-electron chi connectivity index (χ0n) is 9.29. The van der Waals surface area contributed by atoms with Crippen molar-refractivity contribution >= 4 is 21.8 Å². The Morgan fingerprint density at radius 2 is 2.12 bits per heavy atom. The van der Waals surface area contributed by atoms with Gasteiger partial charge in [-0.2, -0.15) is 0 Å². The van der Waals surface area contributed by atoms with E-state index in [1.54, 1.807) is 13.8 Å². The molecule has 0 bridgehead atoms. The molecule has 0 spiro atoms. The highest BCUT2D eigenvalue weighted by Crippen LogP contribution is 2.26. The van der Waals surface area contributed by atoms with Gasteiger partial charge in [-0.3, -0.25) is 10.2 Å². The monoisotopic (exact) mass is 286 g/mol. The maximum Gasteiger partial charge on any atom is 0.242 e. The van der Waals surface area contributed by atoms with Gasteiger partial charge in [-0.05, 0) is 41.9 Å². The summed E-state index contributed by atoms with van der Waals surface area (Å²) in [6.45, 7) is 3.80. The molecule has 0 aliphatic carbocycles. The van der Waals surface area contributed by atoms with Crippen molar-refractivity contribution in [3.8, 4) is 5.75 Å². The lowest BCUT2D eigenvalue weighted by Gasteiger charge is -2.22. The SMILES string of the molecule is CC(C)(COc1ccccc1Br)C(=O)NN. The summed E-state index contributed by atoms with van der Waals surface area (Å²) in [5.74, 6) is 5.55. The normalized spacial score (nSPS) is 11.0. The van der Waals surface area contributed by atoms with E-state index >= 15 is 0 Å². The molecule has 0 aliphatic heterocycles. The Morgan fingerprint density at radius 1 is 1.50 bits per heavy atom. The van der Waals surface area contributed by atoms with Crippen molar-refractivity contribution in [2.24, 2.45) is 11.3 Å². The number of carbonyl (C=O) groups excluding carboxylic acids is 1. The van der Waals surface area contributed by atoms with Gasteiger partial charge in [0.1, 0.15) is 12.4 Å². The van der Waals surface area contributed by atoms with Crippen LogP contribution in [0.1, 0.15) is 13.8 Å². The Labute approximate surface area is 103 Å². The predicted molar refractivity (Wildman–Crippen MR) is 65.7 cm³/mol. The van der Waals surface area contributed by atoms with E-state index < -0.39 is 5.41 Å². The first kappa shape index (κ1) is 13.0. The number of ether oxygens (including phenoxy) is 1. The smallest absolute Gasteiger partial charge is 0.242 e. The highest BCUT2D eigenvalue weighted by molar-refractivity contribution is 9.10. The molecule has 0 heterocycles. The van der Waals surface area contributed by atoms with Gasteiger partial charge >= 0.3 is 0 Å². The van der Waals surface area contributed by atoms with E-state index in [-0.39, 0.29) is 12.5 Å². The predicted octanol–water partition coefficient (Wildman–Crippen LogP) is 1.84. The Hall–Kier alpha value is -1.07. The minimum atomic E-state index is -0.663. The van der Waals surface area contributed by atoms with Crippen LogP contribution >= 0.6 is 15.9 Å². The number of para-hydroxylation sites is 1. The van der Waals surface area contributed by atoms with E-state index in [2.05, 4.69) is 21.4 Å². The number of carbonyl (C=O) groups is 1. The topological polar surface area (TPSA) is 64.3 Å². The van der Waals surface area contributed by atoms with Crippen molar-refractivity contribution in [2.75, 3.05) is 6.61 Å². The molecule has 0 unspecified atom stereocenters. The van der Waals surface area contributed by atoms with Crippen molar-refractivity contribution in [3.05, 3.63) is 28.7 Å². The fraction of sp³-hybridized carbons (Fsp3) is 0.364. The first-order valence-corrected chi connectivity index (χ1v) is 5.65. The molecular weight excluding hydrogens is 272 g/mol. The molecule has 0 aliphatic rings. The fourth-order valence-corrected chi connectivity index (χ4v) is 1.48. The largest absolute Gasteiger partial charge is 0.491 e. The number of amides is 1. The van der Waals surface area contributed by atoms with Crippen LogP contribution in [0, 0.1) is 5.41 Å². The van der Waals surface area contributed by atoms with Crippen molar-refractivity contribution in [2.45, 2.75) is 13.8 Å². The molecule has 0 radical (unpaired) electrons. The van der Waals surface area contributed by atoms with Gasteiger partial charge in [-0.15, -0.1) is 0 Å². The lowest BCUT2D eigenvalue weighted by atomic mass is 9.94. The van der Waals surface area contributed by atoms with E-state index in [0.29, 0.717) is 5.75 Å². The van der Waals surface area contributed by atoms with E-state index in [1.807, 2.05) is 24.3 Å². The molecule has 4 nitrogen and oxygen atoms in total. The maximum absolute atomic E-state index is 11.4. The van der Waals surface area contributed by atoms with Crippen LogP contribution in [-0.2, 0) is 4.79 Å². The number of hydrogen-bond donors (Lipinski definition) is 2. The Morgan fingerprint density at radius 3 is 2.69 bits per heavy atom. The van der Waals surface area contributed by atoms with Crippen molar-refractivity contribution in [1.82, 2.24) is 5.43 Å². The summed E-state index contributed by atoms with van der Waals surface area (Å²) >= 11 is 3.37. The summed E-state index contributed by atoms with van der Waals surface area (Å²) in [5.41, 5.74) is 1.46. The first-order chi connectivity index (χ1) is 7.47. The van der Waals surface area contributed by atoms with Crippen LogP contribution in [0.25, 0.3) is 0 Å². The number of rotatable bonds is 4. The van der Waals surface area contributed by atoms with Gasteiger partial charge in [-0.25, -0.2) is 5.84 Å². The van der Waals surface area contributed by atoms with Crippen LogP contribution in [0.2, 0.25) is 0 Å². The standard InChI is InChI=1S/C11H15BrN2O2/c1-11(2,10(15)14-13)7-16-9-6-4-3-5-8(9)12/h3-6H,7,13H2,1-2H3,(H,14,15). The van der Waals surface area contributed by atoms with Crippen LogP contribution in [0.15, 0.2) is 28.7 Å². The number of hydrogen-bond acceptors (Lipinski definition) is 3. The molecular formula is C11H15BrN2O2. The third-order valence-corrected chi connectivity index (χ3v) is 2.83. The van der Waals surface area contributed by atoms with Crippen LogP contribution < -0.4 is 16.0 Å². The number of hydrazine groups is 1. The summed E-state index contributed by atoms with van der Waals surface area (Å²) in [5, 5.41) is 0. The van der Waals surface area contributed by atoms with Crippen LogP contribution in [-0.4, -0.2) is 12.5 Å². The second-order valence-electron chi connectivity index (χ2n) is 4.08. The third kappa shape index (κ3) is 3.21. The second kappa shape index (κ2) is 5.32. The highest BCUT2D eigenvalue weighted by atomic mass is 79.9. The molecule has 0 saturated heterocycles. The molecule has 1 aromatic rings. The highest BCUT2D eigenvalue weighted by Gasteiger charge is 2.28. The van der Waals surface area contributed by atoms with Gasteiger partial charge in [0, 0.05) is 0 Å². The molecule has 1 rings (SSSR count). The number of nitrogens with one attached hydrogen (secondary N) is 1. The molecule has 1 amide bonds. The molecule has 16 heavy (non-hydrogen) atoms. The van der Waals surface area contributed by atoms with Crippen LogP contribution in [0.3, 0.4) is 0 Å². The summed E-state index contributed by atoms with van der Waals surface area (Å²) in [6.07, 6.45) is 0. The van der Waals surface area contributed by atoms with Crippen molar-refractivity contribution in [1.29, 1.82) is 0 Å². The van der Waals surface area contributed by atoms with Crippen molar-refractivity contribution < 1.29 is 9.53 Å². The minimum Gasteiger partial charge on any atom is -0.491 e. The molecule has 1 aromatic carbocycles. The van der Waals surface area contributed by atoms with Gasteiger partial charge in [-0.1, -0.05) is 12.1 Å². The Bertz CT molecular complexity index is 380. The van der Waals surface area contributed by atoms with E-state index in [9.17, 15) is 4.79 Å². The molecule has 0 aromatic heterocycles. The molecule has 0 atom stereocenters. The van der Waals surface area contributed by atoms with Crippen LogP contribution in [0.4, 0.5) is 0 Å². The van der Waals surface area contributed by atoms with Crippen LogP contribution in [0.5, 0.6) is 5.75 Å². The van der Waals surface area contributed by atoms with Gasteiger partial charge in [0.2, 0.25) is 5.91 Å². The molecule has 0 saturated carbocycles. The quantitative estimate of drug-likeness (QED) is 0.504. The third-order valence-electron chi connectivity index (χ3n) is 2.17. The fourth-order valence-electron chi connectivity index (χ4n) is 1.08. The molecule has 5 heteroatoms. The summed E-state index contributed by atoms with van der Waals surface area (Å²) in [7, 11) is 0. The average Bonchev–Trinajstić information content (AvgIpc) is 2.27. The van der Waals surface area contributed by atoms with Gasteiger partial charge in [0.05, 0.1) is 9.89 Å². The zero-order valence-corrected chi connectivity index (χ0v) is 10.9. The van der Waals surface area contributed by atoms with Gasteiger partial charge < -0.3 is 4.74 Å². The molecule has 3 N–H and O–H groups in total. The van der Waals surface area contributed by atoms with E-state index in [0.717, 1.165) is 4.47 Å². The molecule has 0 fully saturated rings. The second-order valence-corrected chi connectivity index (χ2v) is 4.93. The van der Waals surface area contributed by atoms with Gasteiger partial charge in [0.15, 0.2) is 0 Å². The Kier molecular flexibility index (Phi) is 4.32. The molecule has 88 valence electrons. The summed E-state index contributed by atoms with van der Waals surface area (Å²) in [6, 6.07) is 7.48. The lowest BCUT2D eigenvalue weighted by molar-refractivity contribution is -0.130. The summed E-state index contributed by atoms with van der Waals surface area (Å²) in [4.78, 5) is 11.4. The number of nitrogens with two attached hydrogens (primary N) is 1. The zero-order chi connectivity index (χ0) is 12.2. The van der Waals surface area contributed by atoms with E-state index in [1.165, 1.54) is 0 Å². The first-order valence-electron chi connectivity index (χ1n) is 4.86. The minimum absolute atomic E-state index is 0.250. The van der Waals surface area contributed by atoms with Crippen molar-refractivity contribution in [3.63, 3.8) is 0 Å². The summed E-state index contributed by atoms with van der Waals surface area (Å²) < 4.78 is 6.42. The lowest BCUT2D eigenvalue weighted by Crippen LogP contribution is -2.44. The van der Waals surface area contributed by atoms with Gasteiger partial charge in [0.25, 0.3) is 0 Å².